The highest BCUT2D eigenvalue weighted by Gasteiger charge is 2.58. The average Bonchev–Trinajstić information content (AvgIpc) is 3.05. The molecule has 2 saturated heterocycles. The predicted octanol–water partition coefficient (Wildman–Crippen LogP) is -6.10. The van der Waals surface area contributed by atoms with Crippen LogP contribution >= 0.6 is 7.82 Å². The number of aliphatic hydroxyl groups is 7. The molecule has 2 heterocycles. The summed E-state index contributed by atoms with van der Waals surface area (Å²) in [6.07, 6.45) is -15.1. The van der Waals surface area contributed by atoms with Crippen molar-refractivity contribution in [1.82, 2.24) is 0 Å². The van der Waals surface area contributed by atoms with E-state index in [0.29, 0.717) is 0 Å². The van der Waals surface area contributed by atoms with Crippen LogP contribution in [0.25, 0.3) is 0 Å². The molecule has 0 spiro atoms. The summed E-state index contributed by atoms with van der Waals surface area (Å²) in [6.45, 7) is -2.58. The molecule has 2 fully saturated rings. The maximum absolute atomic E-state index is 12.0. The van der Waals surface area contributed by atoms with Gasteiger partial charge in [-0.15, -0.1) is 0 Å². The second-order valence-corrected chi connectivity index (χ2v) is 9.27. The van der Waals surface area contributed by atoms with Crippen LogP contribution in [0.15, 0.2) is 0 Å². The molecule has 210 valence electrons. The smallest absolute Gasteiger partial charge is 0.463 e. The Hall–Kier alpha value is -1.35. The van der Waals surface area contributed by atoms with Crippen LogP contribution in [0.4, 0.5) is 0 Å². The van der Waals surface area contributed by atoms with Gasteiger partial charge in [0.1, 0.15) is 62.0 Å². The number of carbonyl (C=O) groups excluding carboxylic acids is 2. The van der Waals surface area contributed by atoms with Crippen LogP contribution in [0.2, 0.25) is 0 Å². The minimum absolute atomic E-state index is 0.429. The van der Waals surface area contributed by atoms with E-state index in [4.69, 9.17) is 34.5 Å². The van der Waals surface area contributed by atoms with E-state index in [0.717, 1.165) is 0 Å². The molecule has 18 nitrogen and oxygen atoms in total. The third-order valence-electron chi connectivity index (χ3n) is 5.47. The topological polar surface area (TPSA) is 305 Å². The number of phosphoric acid groups is 1. The summed E-state index contributed by atoms with van der Waals surface area (Å²) >= 11 is 0. The number of hydrogen-bond donors (Lipinski definition) is 10. The molecule has 0 bridgehead atoms. The third-order valence-corrected chi connectivity index (χ3v) is 5.89. The third kappa shape index (κ3) is 7.36. The van der Waals surface area contributed by atoms with Crippen LogP contribution in [0.1, 0.15) is 12.8 Å². The number of esters is 1. The van der Waals surface area contributed by atoms with Gasteiger partial charge in [0.05, 0.1) is 6.61 Å². The van der Waals surface area contributed by atoms with E-state index in [1.54, 1.807) is 0 Å². The van der Waals surface area contributed by atoms with E-state index < -0.39 is 113 Å². The standard InChI is InChI=1S/C17H30NO17P/c18-6(15(27)35-36(28,29)30)1-2-9(21)31-4-8-10(22)12(24)13(25)16(32-8)34-17(5-20)14(26)11(23)7(3-19)33-17/h6-8,10-14,16,19-20,22-26H,1-5,18H2,(H2,28,29,30)/t6-,7+,8+,10+,11+,12-,13+,14-,16+,17-/m0/s1. The molecular formula is C17H30NO17P. The fourth-order valence-corrected chi connectivity index (χ4v) is 3.81. The van der Waals surface area contributed by atoms with Crippen molar-refractivity contribution in [3.8, 4) is 0 Å². The first-order chi connectivity index (χ1) is 16.7. The zero-order valence-corrected chi connectivity index (χ0v) is 19.4. The van der Waals surface area contributed by atoms with Gasteiger partial charge < -0.3 is 65.0 Å². The molecule has 0 aromatic carbocycles. The van der Waals surface area contributed by atoms with Gasteiger partial charge >= 0.3 is 19.8 Å². The molecule has 19 heteroatoms. The van der Waals surface area contributed by atoms with E-state index in [1.165, 1.54) is 0 Å². The van der Waals surface area contributed by atoms with Gasteiger partial charge in [-0.25, -0.2) is 9.36 Å². The van der Waals surface area contributed by atoms with Crippen molar-refractivity contribution >= 4 is 19.8 Å². The van der Waals surface area contributed by atoms with Crippen molar-refractivity contribution in [2.75, 3.05) is 19.8 Å². The Balaban J connectivity index is 1.96. The van der Waals surface area contributed by atoms with Crippen LogP contribution in [0.5, 0.6) is 0 Å². The van der Waals surface area contributed by atoms with E-state index >= 15 is 0 Å². The highest BCUT2D eigenvalue weighted by Crippen LogP contribution is 2.37. The van der Waals surface area contributed by atoms with Gasteiger partial charge in [0.2, 0.25) is 5.79 Å². The molecule has 2 aliphatic rings. The van der Waals surface area contributed by atoms with Gasteiger partial charge in [-0.2, -0.15) is 0 Å². The number of ether oxygens (including phenoxy) is 4. The Bertz CT molecular complexity index is 810. The first-order valence-electron chi connectivity index (χ1n) is 10.5. The number of aliphatic hydroxyl groups excluding tert-OH is 7. The maximum Gasteiger partial charge on any atom is 0.527 e. The summed E-state index contributed by atoms with van der Waals surface area (Å²) in [5.41, 5.74) is 5.38. The highest BCUT2D eigenvalue weighted by molar-refractivity contribution is 7.46. The molecule has 36 heavy (non-hydrogen) atoms. The van der Waals surface area contributed by atoms with E-state index in [-0.39, 0.29) is 0 Å². The number of nitrogens with two attached hydrogens (primary N) is 1. The van der Waals surface area contributed by atoms with Gasteiger partial charge in [0.25, 0.3) is 0 Å². The second-order valence-electron chi connectivity index (χ2n) is 8.11. The lowest BCUT2D eigenvalue weighted by Gasteiger charge is -2.43. The second kappa shape index (κ2) is 12.5. The molecule has 0 aromatic heterocycles. The summed E-state index contributed by atoms with van der Waals surface area (Å²) in [5.74, 6) is -4.85. The highest BCUT2D eigenvalue weighted by atomic mass is 31.2. The van der Waals surface area contributed by atoms with Crippen LogP contribution < -0.4 is 5.73 Å². The van der Waals surface area contributed by atoms with Crippen molar-refractivity contribution in [3.63, 3.8) is 0 Å². The summed E-state index contributed by atoms with van der Waals surface area (Å²) in [7, 11) is -5.12. The molecule has 0 aromatic rings. The Kier molecular flexibility index (Phi) is 10.7. The minimum atomic E-state index is -5.12. The molecule has 10 atom stereocenters. The first-order valence-corrected chi connectivity index (χ1v) is 12.0. The lowest BCUT2D eigenvalue weighted by Crippen LogP contribution is -2.62. The van der Waals surface area contributed by atoms with Gasteiger partial charge in [0.15, 0.2) is 6.29 Å². The number of phosphoric ester groups is 1. The summed E-state index contributed by atoms with van der Waals surface area (Å²) in [4.78, 5) is 40.5. The Morgan fingerprint density at radius 3 is 2.17 bits per heavy atom. The van der Waals surface area contributed by atoms with Crippen LogP contribution in [0, 0.1) is 0 Å². The van der Waals surface area contributed by atoms with Crippen molar-refractivity contribution in [2.24, 2.45) is 5.73 Å². The number of hydrogen-bond acceptors (Lipinski definition) is 16. The maximum atomic E-state index is 12.0. The van der Waals surface area contributed by atoms with Crippen molar-refractivity contribution < 1.29 is 83.2 Å². The van der Waals surface area contributed by atoms with Crippen molar-refractivity contribution in [3.05, 3.63) is 0 Å². The van der Waals surface area contributed by atoms with Gasteiger partial charge in [0, 0.05) is 6.42 Å². The van der Waals surface area contributed by atoms with E-state index in [2.05, 4.69) is 4.52 Å². The Labute approximate surface area is 202 Å². The molecule has 2 aliphatic heterocycles. The fraction of sp³-hybridized carbons (Fsp3) is 0.882. The van der Waals surface area contributed by atoms with E-state index in [1.807, 2.05) is 0 Å². The molecule has 0 unspecified atom stereocenters. The quantitative estimate of drug-likeness (QED) is 0.0843. The first kappa shape index (κ1) is 30.9. The molecule has 0 radical (unpaired) electrons. The molecule has 0 amide bonds. The van der Waals surface area contributed by atoms with Crippen LogP contribution in [0.3, 0.4) is 0 Å². The number of rotatable bonds is 11. The largest absolute Gasteiger partial charge is 0.527 e. The lowest BCUT2D eigenvalue weighted by atomic mass is 9.99. The monoisotopic (exact) mass is 551 g/mol. The summed E-state index contributed by atoms with van der Waals surface area (Å²) in [5, 5.41) is 69.6. The average molecular weight is 551 g/mol. The van der Waals surface area contributed by atoms with E-state index in [9.17, 15) is 49.9 Å². The normalized spacial score (nSPS) is 37.9. The van der Waals surface area contributed by atoms with Gasteiger partial charge in [-0.1, -0.05) is 0 Å². The molecule has 0 saturated carbocycles. The van der Waals surface area contributed by atoms with Crippen molar-refractivity contribution in [2.45, 2.75) is 73.7 Å². The Morgan fingerprint density at radius 2 is 1.64 bits per heavy atom. The lowest BCUT2D eigenvalue weighted by molar-refractivity contribution is -0.383. The zero-order valence-electron chi connectivity index (χ0n) is 18.5. The zero-order chi connectivity index (χ0) is 27.4. The fourth-order valence-electron chi connectivity index (χ4n) is 3.44. The van der Waals surface area contributed by atoms with Crippen molar-refractivity contribution in [1.29, 1.82) is 0 Å². The summed E-state index contributed by atoms with van der Waals surface area (Å²) < 4.78 is 35.1. The van der Waals surface area contributed by atoms with Gasteiger partial charge in [-0.3, -0.25) is 14.6 Å². The number of carbonyl (C=O) groups is 2. The SMILES string of the molecule is N[C@@H](CCC(=O)OC[C@H]1O[C@H](O[C@]2(CO)O[C@H](CO)[C@@H](O)[C@@H]2O)[C@H](O)[C@@H](O)[C@@H]1O)C(=O)OP(=O)(O)O. The van der Waals surface area contributed by atoms with Crippen LogP contribution in [-0.2, 0) is 37.6 Å². The molecule has 2 rings (SSSR count). The van der Waals surface area contributed by atoms with Gasteiger partial charge in [-0.05, 0) is 6.42 Å². The molecule has 11 N–H and O–H groups in total. The molecule has 0 aliphatic carbocycles. The minimum Gasteiger partial charge on any atom is -0.463 e. The Morgan fingerprint density at radius 1 is 1.00 bits per heavy atom. The predicted molar refractivity (Wildman–Crippen MR) is 108 cm³/mol. The van der Waals surface area contributed by atoms with Crippen LogP contribution in [-0.4, -0.2) is 138 Å². The summed E-state index contributed by atoms with van der Waals surface area (Å²) in [6, 6.07) is -1.57. The molecular weight excluding hydrogens is 521 g/mol.